The Morgan fingerprint density at radius 3 is 2.82 bits per heavy atom. The number of rotatable bonds is 7. The summed E-state index contributed by atoms with van der Waals surface area (Å²) in [6, 6.07) is 8.05. The number of aryl methyl sites for hydroxylation is 1. The molecule has 0 saturated heterocycles. The molecule has 3 heterocycles. The summed E-state index contributed by atoms with van der Waals surface area (Å²) < 4.78 is 32.6. The molecule has 174 valence electrons. The van der Waals surface area contributed by atoms with Crippen LogP contribution in [-0.2, 0) is 6.54 Å². The SMILES string of the molecule is C=CCOc1ccc2c(c1)S(O)(O)N=C(c1c(O)c3cccnc3n(CCC(C)C)c1=O)N2. The van der Waals surface area contributed by atoms with Crippen molar-refractivity contribution >= 4 is 33.3 Å². The molecule has 0 unspecified atom stereocenters. The van der Waals surface area contributed by atoms with Gasteiger partial charge in [0.2, 0.25) is 0 Å². The highest BCUT2D eigenvalue weighted by atomic mass is 32.3. The quantitative estimate of drug-likeness (QED) is 0.371. The molecule has 9 nitrogen and oxygen atoms in total. The number of nitrogens with one attached hydrogen (secondary N) is 1. The Kier molecular flexibility index (Phi) is 6.15. The molecule has 0 spiro atoms. The number of aromatic hydroxyl groups is 1. The van der Waals surface area contributed by atoms with E-state index in [1.54, 1.807) is 36.5 Å². The minimum absolute atomic E-state index is 0.117. The fourth-order valence-corrected chi connectivity index (χ4v) is 4.76. The van der Waals surface area contributed by atoms with Gasteiger partial charge in [-0.2, -0.15) is 0 Å². The zero-order valence-electron chi connectivity index (χ0n) is 18.4. The highest BCUT2D eigenvalue weighted by Gasteiger charge is 2.31. The smallest absolute Gasteiger partial charge is 0.267 e. The Hall–Kier alpha value is -3.34. The number of fused-ring (bicyclic) bond motifs is 2. The Labute approximate surface area is 192 Å². The first-order chi connectivity index (χ1) is 15.7. The third-order valence-electron chi connectivity index (χ3n) is 5.25. The van der Waals surface area contributed by atoms with Gasteiger partial charge in [0.25, 0.3) is 5.56 Å². The average molecular weight is 471 g/mol. The minimum atomic E-state index is -3.67. The van der Waals surface area contributed by atoms with E-state index in [-0.39, 0.29) is 28.7 Å². The van der Waals surface area contributed by atoms with Gasteiger partial charge in [-0.25, -0.2) is 4.98 Å². The molecule has 1 aliphatic heterocycles. The lowest BCUT2D eigenvalue weighted by Gasteiger charge is -2.34. The van der Waals surface area contributed by atoms with E-state index in [1.807, 2.05) is 13.8 Å². The van der Waals surface area contributed by atoms with Crippen LogP contribution in [-0.4, -0.2) is 36.2 Å². The first kappa shape index (κ1) is 22.8. The molecule has 0 aliphatic carbocycles. The fraction of sp³-hybridized carbons (Fsp3) is 0.261. The second-order valence-electron chi connectivity index (χ2n) is 8.08. The molecule has 10 heteroatoms. The maximum atomic E-state index is 13.5. The van der Waals surface area contributed by atoms with Crippen LogP contribution in [0.5, 0.6) is 11.5 Å². The Morgan fingerprint density at radius 1 is 1.30 bits per heavy atom. The highest BCUT2D eigenvalue weighted by Crippen LogP contribution is 2.56. The van der Waals surface area contributed by atoms with Crippen LogP contribution < -0.4 is 15.6 Å². The van der Waals surface area contributed by atoms with Gasteiger partial charge < -0.3 is 15.2 Å². The van der Waals surface area contributed by atoms with Crippen molar-refractivity contribution in [3.8, 4) is 11.5 Å². The number of hydrogen-bond donors (Lipinski definition) is 4. The monoisotopic (exact) mass is 470 g/mol. The van der Waals surface area contributed by atoms with Crippen LogP contribution in [0.4, 0.5) is 5.69 Å². The molecule has 0 radical (unpaired) electrons. The number of amidine groups is 1. The summed E-state index contributed by atoms with van der Waals surface area (Å²) in [5.74, 6) is 0.327. The van der Waals surface area contributed by atoms with Gasteiger partial charge in [0.1, 0.15) is 34.2 Å². The lowest BCUT2D eigenvalue weighted by molar-refractivity contribution is 0.362. The lowest BCUT2D eigenvalue weighted by atomic mass is 10.1. The van der Waals surface area contributed by atoms with Crippen molar-refractivity contribution in [3.05, 3.63) is 65.1 Å². The first-order valence-electron chi connectivity index (χ1n) is 10.5. The summed E-state index contributed by atoms with van der Waals surface area (Å²) in [7, 11) is -3.67. The van der Waals surface area contributed by atoms with Crippen LogP contribution >= 0.6 is 10.8 Å². The molecule has 0 fully saturated rings. The minimum Gasteiger partial charge on any atom is -0.506 e. The number of benzene rings is 1. The summed E-state index contributed by atoms with van der Waals surface area (Å²) in [5.41, 5.74) is 0.0497. The maximum absolute atomic E-state index is 13.5. The normalized spacial score (nSPS) is 15.5. The number of anilines is 1. The topological polar surface area (TPSA) is 129 Å². The third-order valence-corrected chi connectivity index (χ3v) is 6.61. The van der Waals surface area contributed by atoms with Gasteiger partial charge in [-0.3, -0.25) is 18.5 Å². The summed E-state index contributed by atoms with van der Waals surface area (Å²) in [6.07, 6.45) is 3.86. The number of nitrogens with zero attached hydrogens (tertiary/aromatic N) is 3. The van der Waals surface area contributed by atoms with Gasteiger partial charge in [0.05, 0.1) is 11.1 Å². The van der Waals surface area contributed by atoms with E-state index in [1.165, 1.54) is 10.6 Å². The van der Waals surface area contributed by atoms with Gasteiger partial charge in [-0.15, -0.1) is 4.40 Å². The van der Waals surface area contributed by atoms with E-state index in [4.69, 9.17) is 4.74 Å². The van der Waals surface area contributed by atoms with Crippen molar-refractivity contribution in [2.75, 3.05) is 11.9 Å². The van der Waals surface area contributed by atoms with Crippen LogP contribution in [0.1, 0.15) is 25.8 Å². The van der Waals surface area contributed by atoms with Crippen molar-refractivity contribution in [1.29, 1.82) is 0 Å². The van der Waals surface area contributed by atoms with Crippen molar-refractivity contribution in [2.45, 2.75) is 31.7 Å². The predicted molar refractivity (Wildman–Crippen MR) is 131 cm³/mol. The van der Waals surface area contributed by atoms with E-state index < -0.39 is 16.3 Å². The van der Waals surface area contributed by atoms with Crippen LogP contribution in [0.2, 0.25) is 0 Å². The molecule has 3 aromatic rings. The summed E-state index contributed by atoms with van der Waals surface area (Å²) >= 11 is 0. The van der Waals surface area contributed by atoms with Crippen LogP contribution in [0, 0.1) is 5.92 Å². The van der Waals surface area contributed by atoms with Gasteiger partial charge in [-0.1, -0.05) is 37.3 Å². The predicted octanol–water partition coefficient (Wildman–Crippen LogP) is 4.61. The van der Waals surface area contributed by atoms with Crippen molar-refractivity contribution in [2.24, 2.45) is 10.3 Å². The molecule has 1 aliphatic rings. The molecule has 4 N–H and O–H groups in total. The second-order valence-corrected chi connectivity index (χ2v) is 9.74. The zero-order chi connectivity index (χ0) is 23.8. The van der Waals surface area contributed by atoms with Gasteiger partial charge in [0.15, 0.2) is 5.84 Å². The third kappa shape index (κ3) is 4.32. The van der Waals surface area contributed by atoms with Crippen LogP contribution in [0.15, 0.2) is 63.3 Å². The molecule has 0 saturated carbocycles. The lowest BCUT2D eigenvalue weighted by Crippen LogP contribution is -2.32. The standard InChI is InChI=1S/C23H26N4O5S/c1-4-12-32-15-7-8-17-18(13-15)33(30,31)26-21(25-17)19-20(28)16-6-5-10-24-22(16)27(23(19)29)11-9-14(2)3/h4-8,10,13-14,28,30-31H,1,9,11-12H2,2-3H3,(H,25,26). The Bertz CT molecular complexity index is 1320. The fourth-order valence-electron chi connectivity index (χ4n) is 3.58. The van der Waals surface area contributed by atoms with E-state index in [0.29, 0.717) is 34.9 Å². The summed E-state index contributed by atoms with van der Waals surface area (Å²) in [5, 5.41) is 14.3. The van der Waals surface area contributed by atoms with E-state index in [0.717, 1.165) is 6.42 Å². The Balaban J connectivity index is 1.86. The zero-order valence-corrected chi connectivity index (χ0v) is 19.2. The van der Waals surface area contributed by atoms with Gasteiger partial charge in [-0.05, 0) is 36.6 Å². The Morgan fingerprint density at radius 2 is 2.09 bits per heavy atom. The van der Waals surface area contributed by atoms with Gasteiger partial charge >= 0.3 is 0 Å². The summed E-state index contributed by atoms with van der Waals surface area (Å²) in [4.78, 5) is 17.9. The van der Waals surface area contributed by atoms with Crippen molar-refractivity contribution < 1.29 is 18.9 Å². The molecular weight excluding hydrogens is 444 g/mol. The van der Waals surface area contributed by atoms with Crippen molar-refractivity contribution in [1.82, 2.24) is 9.55 Å². The molecule has 2 aromatic heterocycles. The van der Waals surface area contributed by atoms with Crippen LogP contribution in [0.3, 0.4) is 0 Å². The second kappa shape index (κ2) is 8.89. The maximum Gasteiger partial charge on any atom is 0.267 e. The summed E-state index contributed by atoms with van der Waals surface area (Å²) in [6.45, 7) is 8.34. The van der Waals surface area contributed by atoms with E-state index >= 15 is 0 Å². The number of aromatic nitrogens is 2. The van der Waals surface area contributed by atoms with Crippen LogP contribution in [0.25, 0.3) is 11.0 Å². The highest BCUT2D eigenvalue weighted by molar-refractivity contribution is 8.23. The van der Waals surface area contributed by atoms with Gasteiger partial charge in [0, 0.05) is 18.8 Å². The van der Waals surface area contributed by atoms with Crippen molar-refractivity contribution in [3.63, 3.8) is 0 Å². The molecule has 0 bridgehead atoms. The number of pyridine rings is 2. The first-order valence-corrected chi connectivity index (χ1v) is 12.0. The molecule has 0 atom stereocenters. The molecule has 33 heavy (non-hydrogen) atoms. The number of ether oxygens (including phenoxy) is 1. The molecule has 4 rings (SSSR count). The average Bonchev–Trinajstić information content (AvgIpc) is 2.77. The molecule has 1 aromatic carbocycles. The van der Waals surface area contributed by atoms with E-state index in [9.17, 15) is 19.0 Å². The number of hydrogen-bond acceptors (Lipinski definition) is 8. The van der Waals surface area contributed by atoms with E-state index in [2.05, 4.69) is 21.3 Å². The molecular formula is C23H26N4O5S. The largest absolute Gasteiger partial charge is 0.506 e. The molecule has 0 amide bonds.